The first kappa shape index (κ1) is 11.4. The fraction of sp³-hybridized carbons (Fsp3) is 0.538. The molecule has 0 bridgehead atoms. The third-order valence-electron chi connectivity index (χ3n) is 2.91. The highest BCUT2D eigenvalue weighted by molar-refractivity contribution is 5.33. The molecular formula is C13H19NO2. The van der Waals surface area contributed by atoms with Crippen LogP contribution in [-0.2, 0) is 6.54 Å². The second-order valence-electron chi connectivity index (χ2n) is 4.16. The van der Waals surface area contributed by atoms with Crippen LogP contribution in [0.4, 0.5) is 0 Å². The summed E-state index contributed by atoms with van der Waals surface area (Å²) in [5.41, 5.74) is 1.27. The Labute approximate surface area is 96.6 Å². The van der Waals surface area contributed by atoms with Crippen molar-refractivity contribution >= 4 is 0 Å². The molecule has 0 amide bonds. The molecule has 2 rings (SSSR count). The van der Waals surface area contributed by atoms with E-state index in [4.69, 9.17) is 9.84 Å². The highest BCUT2D eigenvalue weighted by Crippen LogP contribution is 2.22. The van der Waals surface area contributed by atoms with Crippen LogP contribution in [0.2, 0.25) is 0 Å². The molecule has 0 aromatic heterocycles. The molecule has 1 aliphatic heterocycles. The van der Waals surface area contributed by atoms with E-state index in [0.29, 0.717) is 6.61 Å². The van der Waals surface area contributed by atoms with E-state index in [1.165, 1.54) is 5.56 Å². The number of fused-ring (bicyclic) bond motifs is 1. The number of aliphatic hydroxyl groups excluding tert-OH is 1. The van der Waals surface area contributed by atoms with Crippen molar-refractivity contribution in [2.45, 2.75) is 19.4 Å². The number of ether oxygens (including phenoxy) is 1. The van der Waals surface area contributed by atoms with Gasteiger partial charge in [-0.1, -0.05) is 18.2 Å². The molecule has 0 radical (unpaired) electrons. The van der Waals surface area contributed by atoms with Crippen molar-refractivity contribution in [1.29, 1.82) is 0 Å². The van der Waals surface area contributed by atoms with Gasteiger partial charge in [0.15, 0.2) is 0 Å². The molecule has 0 aliphatic carbocycles. The zero-order valence-corrected chi connectivity index (χ0v) is 9.56. The van der Waals surface area contributed by atoms with Crippen LogP contribution in [-0.4, -0.2) is 36.3 Å². The van der Waals surface area contributed by atoms with E-state index in [2.05, 4.69) is 17.0 Å². The van der Waals surface area contributed by atoms with E-state index in [0.717, 1.165) is 44.8 Å². The lowest BCUT2D eigenvalue weighted by Crippen LogP contribution is -2.26. The standard InChI is InChI=1S/C13H19NO2/c15-9-4-3-7-14-8-10-16-13-6-2-1-5-12(13)11-14/h1-2,5-6,15H,3-4,7-11H2. The van der Waals surface area contributed by atoms with Crippen LogP contribution in [0.5, 0.6) is 5.75 Å². The third kappa shape index (κ3) is 2.97. The molecule has 3 nitrogen and oxygen atoms in total. The number of unbranched alkanes of at least 4 members (excludes halogenated alkanes) is 1. The van der Waals surface area contributed by atoms with E-state index >= 15 is 0 Å². The van der Waals surface area contributed by atoms with Crippen molar-refractivity contribution in [3.63, 3.8) is 0 Å². The molecule has 1 aliphatic rings. The van der Waals surface area contributed by atoms with E-state index in [-0.39, 0.29) is 0 Å². The average Bonchev–Trinajstić information content (AvgIpc) is 2.51. The fourth-order valence-electron chi connectivity index (χ4n) is 2.02. The first-order chi connectivity index (χ1) is 7.90. The predicted octanol–water partition coefficient (Wildman–Crippen LogP) is 1.65. The van der Waals surface area contributed by atoms with Crippen molar-refractivity contribution in [3.8, 4) is 5.75 Å². The number of hydrogen-bond donors (Lipinski definition) is 1. The van der Waals surface area contributed by atoms with Crippen molar-refractivity contribution in [3.05, 3.63) is 29.8 Å². The first-order valence-corrected chi connectivity index (χ1v) is 5.94. The molecule has 0 saturated carbocycles. The summed E-state index contributed by atoms with van der Waals surface area (Å²) in [5, 5.41) is 8.77. The molecule has 0 fully saturated rings. The van der Waals surface area contributed by atoms with Gasteiger partial charge >= 0.3 is 0 Å². The maximum absolute atomic E-state index is 8.77. The Morgan fingerprint density at radius 2 is 2.12 bits per heavy atom. The highest BCUT2D eigenvalue weighted by Gasteiger charge is 2.13. The normalized spacial score (nSPS) is 16.3. The SMILES string of the molecule is OCCCCN1CCOc2ccccc2C1. The Bertz CT molecular complexity index is 327. The topological polar surface area (TPSA) is 32.7 Å². The van der Waals surface area contributed by atoms with E-state index in [1.807, 2.05) is 12.1 Å². The summed E-state index contributed by atoms with van der Waals surface area (Å²) in [7, 11) is 0. The van der Waals surface area contributed by atoms with Crippen LogP contribution >= 0.6 is 0 Å². The molecule has 88 valence electrons. The number of hydrogen-bond acceptors (Lipinski definition) is 3. The number of nitrogens with zero attached hydrogens (tertiary/aromatic N) is 1. The summed E-state index contributed by atoms with van der Waals surface area (Å²) in [4.78, 5) is 2.39. The summed E-state index contributed by atoms with van der Waals surface area (Å²) in [5.74, 6) is 1.02. The number of benzene rings is 1. The van der Waals surface area contributed by atoms with Crippen molar-refractivity contribution in [2.24, 2.45) is 0 Å². The molecule has 0 spiro atoms. The van der Waals surface area contributed by atoms with E-state index in [9.17, 15) is 0 Å². The van der Waals surface area contributed by atoms with Crippen molar-refractivity contribution in [2.75, 3.05) is 26.3 Å². The van der Waals surface area contributed by atoms with Crippen LogP contribution in [0.3, 0.4) is 0 Å². The quantitative estimate of drug-likeness (QED) is 0.785. The van der Waals surface area contributed by atoms with Gasteiger partial charge in [-0.2, -0.15) is 0 Å². The Balaban J connectivity index is 1.94. The fourth-order valence-corrected chi connectivity index (χ4v) is 2.02. The third-order valence-corrected chi connectivity index (χ3v) is 2.91. The molecule has 3 heteroatoms. The maximum atomic E-state index is 8.77. The molecule has 16 heavy (non-hydrogen) atoms. The van der Waals surface area contributed by atoms with Crippen molar-refractivity contribution in [1.82, 2.24) is 4.90 Å². The largest absolute Gasteiger partial charge is 0.492 e. The van der Waals surface area contributed by atoms with Gasteiger partial charge in [0.1, 0.15) is 12.4 Å². The molecule has 1 heterocycles. The van der Waals surface area contributed by atoms with Gasteiger partial charge in [0.05, 0.1) is 0 Å². The van der Waals surface area contributed by atoms with Crippen LogP contribution in [0.25, 0.3) is 0 Å². The second kappa shape index (κ2) is 5.87. The van der Waals surface area contributed by atoms with Crippen LogP contribution in [0.15, 0.2) is 24.3 Å². The minimum atomic E-state index is 0.293. The minimum absolute atomic E-state index is 0.293. The summed E-state index contributed by atoms with van der Waals surface area (Å²) in [6.45, 7) is 4.02. The summed E-state index contributed by atoms with van der Waals surface area (Å²) in [6.07, 6.45) is 1.94. The Morgan fingerprint density at radius 1 is 1.25 bits per heavy atom. The first-order valence-electron chi connectivity index (χ1n) is 5.94. The van der Waals surface area contributed by atoms with E-state index < -0.39 is 0 Å². The van der Waals surface area contributed by atoms with Gasteiger partial charge in [-0.25, -0.2) is 0 Å². The average molecular weight is 221 g/mol. The second-order valence-corrected chi connectivity index (χ2v) is 4.16. The summed E-state index contributed by atoms with van der Waals surface area (Å²) in [6, 6.07) is 8.23. The van der Waals surface area contributed by atoms with E-state index in [1.54, 1.807) is 0 Å². The van der Waals surface area contributed by atoms with Gasteiger partial charge < -0.3 is 9.84 Å². The van der Waals surface area contributed by atoms with Crippen molar-refractivity contribution < 1.29 is 9.84 Å². The molecule has 1 N–H and O–H groups in total. The maximum Gasteiger partial charge on any atom is 0.123 e. The Kier molecular flexibility index (Phi) is 4.19. The summed E-state index contributed by atoms with van der Waals surface area (Å²) >= 11 is 0. The number of para-hydroxylation sites is 1. The summed E-state index contributed by atoms with van der Waals surface area (Å²) < 4.78 is 5.69. The lowest BCUT2D eigenvalue weighted by Gasteiger charge is -2.18. The Hall–Kier alpha value is -1.06. The zero-order valence-electron chi connectivity index (χ0n) is 9.56. The minimum Gasteiger partial charge on any atom is -0.492 e. The van der Waals surface area contributed by atoms with Crippen LogP contribution < -0.4 is 4.74 Å². The molecule has 0 unspecified atom stereocenters. The highest BCUT2D eigenvalue weighted by atomic mass is 16.5. The molecule has 1 aromatic carbocycles. The number of aliphatic hydroxyl groups is 1. The van der Waals surface area contributed by atoms with Gasteiger partial charge in [0.2, 0.25) is 0 Å². The molecule has 0 atom stereocenters. The monoisotopic (exact) mass is 221 g/mol. The predicted molar refractivity (Wildman–Crippen MR) is 63.5 cm³/mol. The van der Waals surface area contributed by atoms with Gasteiger partial charge in [0.25, 0.3) is 0 Å². The molecular weight excluding hydrogens is 202 g/mol. The Morgan fingerprint density at radius 3 is 3.00 bits per heavy atom. The smallest absolute Gasteiger partial charge is 0.123 e. The van der Waals surface area contributed by atoms with Crippen LogP contribution in [0, 0.1) is 0 Å². The van der Waals surface area contributed by atoms with Gasteiger partial charge in [-0.3, -0.25) is 4.90 Å². The lowest BCUT2D eigenvalue weighted by atomic mass is 10.2. The number of rotatable bonds is 4. The molecule has 1 aromatic rings. The van der Waals surface area contributed by atoms with Gasteiger partial charge in [0, 0.05) is 25.3 Å². The van der Waals surface area contributed by atoms with Gasteiger partial charge in [-0.15, -0.1) is 0 Å². The van der Waals surface area contributed by atoms with Crippen LogP contribution in [0.1, 0.15) is 18.4 Å². The zero-order chi connectivity index (χ0) is 11.2. The lowest BCUT2D eigenvalue weighted by molar-refractivity contribution is 0.212. The molecule has 0 saturated heterocycles. The van der Waals surface area contributed by atoms with Gasteiger partial charge in [-0.05, 0) is 25.5 Å².